The average molecular weight is 371 g/mol. The Bertz CT molecular complexity index is 814. The molecule has 4 nitrogen and oxygen atoms in total. The molecule has 8 heteroatoms. The summed E-state index contributed by atoms with van der Waals surface area (Å²) in [5, 5.41) is 2.37. The van der Waals surface area contributed by atoms with E-state index in [1.54, 1.807) is 0 Å². The standard InChI is InChI=1S/C17H14ClF3N2O2/c1-10(24)23(12-3-5-14(19)13(18)9-12)7-6-22-17(25)11-2-4-15(20)16(21)8-11/h2-5,8-9H,6-7H2,1H3,(H,22,25). The van der Waals surface area contributed by atoms with Gasteiger partial charge in [0.05, 0.1) is 5.02 Å². The average Bonchev–Trinajstić information content (AvgIpc) is 2.56. The van der Waals surface area contributed by atoms with Gasteiger partial charge in [0.15, 0.2) is 11.6 Å². The first-order valence-electron chi connectivity index (χ1n) is 7.26. The minimum Gasteiger partial charge on any atom is -0.350 e. The highest BCUT2D eigenvalue weighted by atomic mass is 35.5. The van der Waals surface area contributed by atoms with E-state index in [-0.39, 0.29) is 29.6 Å². The van der Waals surface area contributed by atoms with E-state index in [2.05, 4.69) is 5.32 Å². The monoisotopic (exact) mass is 370 g/mol. The van der Waals surface area contributed by atoms with Crippen LogP contribution in [0.15, 0.2) is 36.4 Å². The van der Waals surface area contributed by atoms with Crippen molar-refractivity contribution in [2.45, 2.75) is 6.92 Å². The maximum atomic E-state index is 13.2. The van der Waals surface area contributed by atoms with E-state index in [0.717, 1.165) is 24.3 Å². The van der Waals surface area contributed by atoms with Crippen molar-refractivity contribution in [1.82, 2.24) is 5.32 Å². The predicted molar refractivity (Wildman–Crippen MR) is 88.1 cm³/mol. The zero-order valence-corrected chi connectivity index (χ0v) is 13.9. The third kappa shape index (κ3) is 4.73. The quantitative estimate of drug-likeness (QED) is 0.875. The van der Waals surface area contributed by atoms with E-state index >= 15 is 0 Å². The van der Waals surface area contributed by atoms with Crippen molar-refractivity contribution in [3.8, 4) is 0 Å². The number of anilines is 1. The van der Waals surface area contributed by atoms with Crippen molar-refractivity contribution >= 4 is 29.1 Å². The molecule has 2 aromatic rings. The maximum Gasteiger partial charge on any atom is 0.251 e. The molecule has 0 aliphatic carbocycles. The third-order valence-corrected chi connectivity index (χ3v) is 3.69. The van der Waals surface area contributed by atoms with Crippen LogP contribution in [0.2, 0.25) is 5.02 Å². The molecule has 0 aliphatic heterocycles. The fourth-order valence-electron chi connectivity index (χ4n) is 2.14. The number of benzene rings is 2. The number of carbonyl (C=O) groups is 2. The van der Waals surface area contributed by atoms with E-state index in [1.165, 1.54) is 24.0 Å². The molecule has 0 atom stereocenters. The number of rotatable bonds is 5. The van der Waals surface area contributed by atoms with Gasteiger partial charge in [0, 0.05) is 31.3 Å². The summed E-state index contributed by atoms with van der Waals surface area (Å²) in [6, 6.07) is 6.61. The fraction of sp³-hybridized carbons (Fsp3) is 0.176. The van der Waals surface area contributed by atoms with Crippen molar-refractivity contribution in [2.24, 2.45) is 0 Å². The highest BCUT2D eigenvalue weighted by Gasteiger charge is 2.14. The second kappa shape index (κ2) is 8.02. The zero-order chi connectivity index (χ0) is 18.6. The van der Waals surface area contributed by atoms with Crippen LogP contribution in [-0.2, 0) is 4.79 Å². The second-order valence-corrected chi connectivity index (χ2v) is 5.56. The number of halogens is 4. The van der Waals surface area contributed by atoms with Crippen LogP contribution in [0.4, 0.5) is 18.9 Å². The van der Waals surface area contributed by atoms with E-state index < -0.39 is 23.4 Å². The van der Waals surface area contributed by atoms with Crippen LogP contribution in [0.1, 0.15) is 17.3 Å². The molecule has 0 spiro atoms. The molecule has 2 amide bonds. The Morgan fingerprint density at radius 3 is 2.32 bits per heavy atom. The Kier molecular flexibility index (Phi) is 6.03. The number of amides is 2. The summed E-state index contributed by atoms with van der Waals surface area (Å²) in [4.78, 5) is 25.0. The summed E-state index contributed by atoms with van der Waals surface area (Å²) in [7, 11) is 0. The summed E-state index contributed by atoms with van der Waals surface area (Å²) < 4.78 is 39.2. The van der Waals surface area contributed by atoms with Crippen LogP contribution in [0.5, 0.6) is 0 Å². The van der Waals surface area contributed by atoms with Gasteiger partial charge < -0.3 is 10.2 Å². The molecule has 0 saturated heterocycles. The van der Waals surface area contributed by atoms with Crippen LogP contribution in [-0.4, -0.2) is 24.9 Å². The Balaban J connectivity index is 2.01. The van der Waals surface area contributed by atoms with Crippen LogP contribution in [0, 0.1) is 17.5 Å². The highest BCUT2D eigenvalue weighted by molar-refractivity contribution is 6.31. The number of carbonyl (C=O) groups excluding carboxylic acids is 2. The summed E-state index contributed by atoms with van der Waals surface area (Å²) in [6.45, 7) is 1.45. The van der Waals surface area contributed by atoms with Crippen molar-refractivity contribution in [2.75, 3.05) is 18.0 Å². The molecule has 0 aromatic heterocycles. The van der Waals surface area contributed by atoms with Crippen molar-refractivity contribution in [3.63, 3.8) is 0 Å². The Hall–Kier alpha value is -2.54. The molecule has 25 heavy (non-hydrogen) atoms. The van der Waals surface area contributed by atoms with Crippen molar-refractivity contribution in [1.29, 1.82) is 0 Å². The minimum atomic E-state index is -1.13. The lowest BCUT2D eigenvalue weighted by Crippen LogP contribution is -2.37. The van der Waals surface area contributed by atoms with Crippen molar-refractivity contribution in [3.05, 3.63) is 64.4 Å². The molecular formula is C17H14ClF3N2O2. The topological polar surface area (TPSA) is 49.4 Å². The van der Waals surface area contributed by atoms with Crippen LogP contribution < -0.4 is 10.2 Å². The lowest BCUT2D eigenvalue weighted by atomic mass is 10.2. The van der Waals surface area contributed by atoms with Gasteiger partial charge in [0.1, 0.15) is 5.82 Å². The Morgan fingerprint density at radius 1 is 1.04 bits per heavy atom. The number of hydrogen-bond donors (Lipinski definition) is 1. The first-order chi connectivity index (χ1) is 11.8. The molecular weight excluding hydrogens is 357 g/mol. The Morgan fingerprint density at radius 2 is 1.72 bits per heavy atom. The molecule has 0 aliphatic rings. The number of nitrogens with zero attached hydrogens (tertiary/aromatic N) is 1. The summed E-state index contributed by atoms with van der Waals surface area (Å²) in [5.74, 6) is -3.73. The predicted octanol–water partition coefficient (Wildman–Crippen LogP) is 3.54. The van der Waals surface area contributed by atoms with Gasteiger partial charge in [-0.3, -0.25) is 9.59 Å². The smallest absolute Gasteiger partial charge is 0.251 e. The molecule has 1 N–H and O–H groups in total. The molecule has 0 unspecified atom stereocenters. The van der Waals surface area contributed by atoms with Crippen LogP contribution in [0.25, 0.3) is 0 Å². The second-order valence-electron chi connectivity index (χ2n) is 5.15. The lowest BCUT2D eigenvalue weighted by Gasteiger charge is -2.21. The van der Waals surface area contributed by atoms with Gasteiger partial charge in [-0.25, -0.2) is 13.2 Å². The van der Waals surface area contributed by atoms with Gasteiger partial charge in [-0.15, -0.1) is 0 Å². The molecule has 0 saturated carbocycles. The number of nitrogens with one attached hydrogen (secondary N) is 1. The summed E-state index contributed by atoms with van der Waals surface area (Å²) in [5.41, 5.74) is 0.332. The molecule has 2 rings (SSSR count). The zero-order valence-electron chi connectivity index (χ0n) is 13.2. The van der Waals surface area contributed by atoms with E-state index in [1.807, 2.05) is 0 Å². The molecule has 0 radical (unpaired) electrons. The highest BCUT2D eigenvalue weighted by Crippen LogP contribution is 2.22. The molecule has 132 valence electrons. The molecule has 0 bridgehead atoms. The van der Waals surface area contributed by atoms with E-state index in [9.17, 15) is 22.8 Å². The SMILES string of the molecule is CC(=O)N(CCNC(=O)c1ccc(F)c(F)c1)c1ccc(F)c(Cl)c1. The number of hydrogen-bond acceptors (Lipinski definition) is 2. The molecule has 0 fully saturated rings. The summed E-state index contributed by atoms with van der Waals surface area (Å²) >= 11 is 5.71. The van der Waals surface area contributed by atoms with Gasteiger partial charge in [-0.2, -0.15) is 0 Å². The Labute approximate surface area is 147 Å². The minimum absolute atomic E-state index is 0.0434. The normalized spacial score (nSPS) is 10.4. The first kappa shape index (κ1) is 18.8. The largest absolute Gasteiger partial charge is 0.350 e. The third-order valence-electron chi connectivity index (χ3n) is 3.40. The van der Waals surface area contributed by atoms with E-state index in [4.69, 9.17) is 11.6 Å². The maximum absolute atomic E-state index is 13.2. The van der Waals surface area contributed by atoms with E-state index in [0.29, 0.717) is 5.69 Å². The van der Waals surface area contributed by atoms with Gasteiger partial charge in [0.2, 0.25) is 5.91 Å². The van der Waals surface area contributed by atoms with Gasteiger partial charge in [0.25, 0.3) is 5.91 Å². The van der Waals surface area contributed by atoms with Gasteiger partial charge in [-0.05, 0) is 36.4 Å². The van der Waals surface area contributed by atoms with Gasteiger partial charge in [-0.1, -0.05) is 11.6 Å². The van der Waals surface area contributed by atoms with Crippen molar-refractivity contribution < 1.29 is 22.8 Å². The van der Waals surface area contributed by atoms with Crippen LogP contribution >= 0.6 is 11.6 Å². The molecule has 2 aromatic carbocycles. The fourth-order valence-corrected chi connectivity index (χ4v) is 2.32. The van der Waals surface area contributed by atoms with Gasteiger partial charge >= 0.3 is 0 Å². The summed E-state index contributed by atoms with van der Waals surface area (Å²) in [6.07, 6.45) is 0. The first-order valence-corrected chi connectivity index (χ1v) is 7.64. The lowest BCUT2D eigenvalue weighted by molar-refractivity contribution is -0.116. The molecule has 0 heterocycles. The van der Waals surface area contributed by atoms with Crippen LogP contribution in [0.3, 0.4) is 0 Å².